The molecule has 4 unspecified atom stereocenters. The summed E-state index contributed by atoms with van der Waals surface area (Å²) in [7, 11) is 0. The van der Waals surface area contributed by atoms with E-state index in [1.54, 1.807) is 12.1 Å². The van der Waals surface area contributed by atoms with Crippen molar-refractivity contribution >= 4 is 16.7 Å². The summed E-state index contributed by atoms with van der Waals surface area (Å²) >= 11 is 0. The molecule has 32 heavy (non-hydrogen) atoms. The van der Waals surface area contributed by atoms with Gasteiger partial charge in [0.2, 0.25) is 0 Å². The maximum atomic E-state index is 15.0. The lowest BCUT2D eigenvalue weighted by molar-refractivity contribution is 0.0697. The Hall–Kier alpha value is -1.97. The molecule has 0 saturated heterocycles. The highest BCUT2D eigenvalue weighted by atomic mass is 19.2. The highest BCUT2D eigenvalue weighted by molar-refractivity contribution is 5.94. The van der Waals surface area contributed by atoms with Crippen LogP contribution < -0.4 is 0 Å². The molecule has 0 bridgehead atoms. The fourth-order valence-corrected chi connectivity index (χ4v) is 6.35. The van der Waals surface area contributed by atoms with Crippen LogP contribution in [0.15, 0.2) is 24.3 Å². The van der Waals surface area contributed by atoms with Gasteiger partial charge in [-0.15, -0.1) is 0 Å². The Labute approximate surface area is 190 Å². The smallest absolute Gasteiger partial charge is 0.335 e. The molecule has 0 spiro atoms. The number of fused-ring (bicyclic) bond motifs is 2. The number of carboxylic acids is 1. The summed E-state index contributed by atoms with van der Waals surface area (Å²) in [5, 5.41) is 9.79. The minimum atomic E-state index is -1.13. The Balaban J connectivity index is 1.41. The van der Waals surface area contributed by atoms with Crippen molar-refractivity contribution in [2.75, 3.05) is 0 Å². The van der Waals surface area contributed by atoms with Crippen LogP contribution in [-0.4, -0.2) is 11.1 Å². The van der Waals surface area contributed by atoms with Crippen molar-refractivity contribution in [3.63, 3.8) is 0 Å². The van der Waals surface area contributed by atoms with E-state index in [1.165, 1.54) is 69.9 Å². The number of unbranched alkanes of at least 4 members (excludes halogenated alkanes) is 4. The Bertz CT molecular complexity index is 954. The molecule has 4 heteroatoms. The van der Waals surface area contributed by atoms with E-state index < -0.39 is 17.6 Å². The monoisotopic (exact) mass is 442 g/mol. The van der Waals surface area contributed by atoms with Gasteiger partial charge in [0.25, 0.3) is 0 Å². The summed E-state index contributed by atoms with van der Waals surface area (Å²) in [5.41, 5.74) is 0.459. The standard InChI is InChI=1S/C28H36F2O2/c1-2-3-4-5-6-7-18-8-9-20-15-21(11-10-19(20)14-18)24-16-22-12-13-23(28(31)32)17-25(22)27(30)26(24)29/h12-13,16-21H,2-11,14-15H2,1H3,(H,31,32). The van der Waals surface area contributed by atoms with Gasteiger partial charge in [0.15, 0.2) is 11.6 Å². The van der Waals surface area contributed by atoms with E-state index in [1.807, 2.05) is 0 Å². The zero-order chi connectivity index (χ0) is 22.7. The number of hydrogen-bond acceptors (Lipinski definition) is 1. The average molecular weight is 443 g/mol. The second kappa shape index (κ2) is 10.3. The molecular formula is C28H36F2O2. The molecule has 2 saturated carbocycles. The first kappa shape index (κ1) is 23.2. The number of rotatable bonds is 8. The molecule has 2 aromatic carbocycles. The number of hydrogen-bond donors (Lipinski definition) is 1. The van der Waals surface area contributed by atoms with Crippen LogP contribution in [0.2, 0.25) is 0 Å². The summed E-state index contributed by atoms with van der Waals surface area (Å²) in [4.78, 5) is 11.2. The third kappa shape index (κ3) is 5.00. The molecule has 2 fully saturated rings. The molecule has 0 amide bonds. The minimum Gasteiger partial charge on any atom is -0.478 e. The van der Waals surface area contributed by atoms with Gasteiger partial charge in [-0.05, 0) is 84.9 Å². The Morgan fingerprint density at radius 2 is 1.69 bits per heavy atom. The SMILES string of the molecule is CCCCCCCC1CCC2CC(c3cc4ccc(C(=O)O)cc4c(F)c3F)CCC2C1. The van der Waals surface area contributed by atoms with E-state index in [9.17, 15) is 9.18 Å². The average Bonchev–Trinajstić information content (AvgIpc) is 2.80. The number of carbonyl (C=O) groups is 1. The van der Waals surface area contributed by atoms with Crippen LogP contribution in [0.25, 0.3) is 10.8 Å². The lowest BCUT2D eigenvalue weighted by Crippen LogP contribution is -2.30. The molecule has 0 aliphatic heterocycles. The first-order valence-corrected chi connectivity index (χ1v) is 12.6. The molecular weight excluding hydrogens is 406 g/mol. The quantitative estimate of drug-likeness (QED) is 0.416. The van der Waals surface area contributed by atoms with Crippen molar-refractivity contribution in [1.82, 2.24) is 0 Å². The van der Waals surface area contributed by atoms with Crippen molar-refractivity contribution in [2.45, 2.75) is 89.9 Å². The molecule has 0 heterocycles. The Morgan fingerprint density at radius 1 is 0.938 bits per heavy atom. The van der Waals surface area contributed by atoms with Crippen molar-refractivity contribution in [1.29, 1.82) is 0 Å². The van der Waals surface area contributed by atoms with Crippen LogP contribution in [0.3, 0.4) is 0 Å². The highest BCUT2D eigenvalue weighted by Gasteiger charge is 2.37. The van der Waals surface area contributed by atoms with Gasteiger partial charge >= 0.3 is 5.97 Å². The molecule has 2 aliphatic carbocycles. The largest absolute Gasteiger partial charge is 0.478 e. The van der Waals surface area contributed by atoms with Gasteiger partial charge in [-0.1, -0.05) is 57.9 Å². The predicted octanol–water partition coefficient (Wildman–Crippen LogP) is 8.48. The molecule has 2 aliphatic rings. The first-order chi connectivity index (χ1) is 15.5. The van der Waals surface area contributed by atoms with Gasteiger partial charge < -0.3 is 5.11 Å². The summed E-state index contributed by atoms with van der Waals surface area (Å²) in [6.07, 6.45) is 14.9. The Kier molecular flexibility index (Phi) is 7.48. The number of carboxylic acid groups (broad SMARTS) is 1. The van der Waals surface area contributed by atoms with Crippen molar-refractivity contribution in [3.05, 3.63) is 47.0 Å². The molecule has 0 radical (unpaired) electrons. The van der Waals surface area contributed by atoms with Crippen LogP contribution in [0.1, 0.15) is 106 Å². The molecule has 4 rings (SSSR count). The van der Waals surface area contributed by atoms with E-state index in [-0.39, 0.29) is 16.9 Å². The van der Waals surface area contributed by atoms with Crippen LogP contribution >= 0.6 is 0 Å². The zero-order valence-corrected chi connectivity index (χ0v) is 19.2. The molecule has 2 aromatic rings. The van der Waals surface area contributed by atoms with E-state index in [0.717, 1.165) is 31.1 Å². The summed E-state index contributed by atoms with van der Waals surface area (Å²) in [5.74, 6) is -0.554. The van der Waals surface area contributed by atoms with E-state index in [0.29, 0.717) is 16.9 Å². The summed E-state index contributed by atoms with van der Waals surface area (Å²) in [6, 6.07) is 6.06. The first-order valence-electron chi connectivity index (χ1n) is 12.6. The van der Waals surface area contributed by atoms with E-state index >= 15 is 4.39 Å². The van der Waals surface area contributed by atoms with Gasteiger partial charge in [0.05, 0.1) is 5.56 Å². The predicted molar refractivity (Wildman–Crippen MR) is 125 cm³/mol. The van der Waals surface area contributed by atoms with Crippen LogP contribution in [-0.2, 0) is 0 Å². The summed E-state index contributed by atoms with van der Waals surface area (Å²) in [6.45, 7) is 2.25. The van der Waals surface area contributed by atoms with Gasteiger partial charge in [0, 0.05) is 5.39 Å². The summed E-state index contributed by atoms with van der Waals surface area (Å²) < 4.78 is 29.9. The number of aromatic carboxylic acids is 1. The second-order valence-corrected chi connectivity index (χ2v) is 10.2. The topological polar surface area (TPSA) is 37.3 Å². The van der Waals surface area contributed by atoms with Gasteiger partial charge in [-0.25, -0.2) is 13.6 Å². The lowest BCUT2D eigenvalue weighted by atomic mass is 9.63. The van der Waals surface area contributed by atoms with Gasteiger partial charge in [0.1, 0.15) is 0 Å². The molecule has 2 nitrogen and oxygen atoms in total. The highest BCUT2D eigenvalue weighted by Crippen LogP contribution is 2.49. The van der Waals surface area contributed by atoms with Crippen molar-refractivity contribution in [2.24, 2.45) is 17.8 Å². The van der Waals surface area contributed by atoms with E-state index in [4.69, 9.17) is 5.11 Å². The second-order valence-electron chi connectivity index (χ2n) is 10.2. The van der Waals surface area contributed by atoms with Crippen LogP contribution in [0.5, 0.6) is 0 Å². The normalized spacial score (nSPS) is 25.6. The van der Waals surface area contributed by atoms with Crippen molar-refractivity contribution < 1.29 is 18.7 Å². The minimum absolute atomic E-state index is 0.0221. The van der Waals surface area contributed by atoms with E-state index in [2.05, 4.69) is 6.92 Å². The van der Waals surface area contributed by atoms with Crippen LogP contribution in [0, 0.1) is 29.4 Å². The van der Waals surface area contributed by atoms with Gasteiger partial charge in [-0.2, -0.15) is 0 Å². The fraction of sp³-hybridized carbons (Fsp3) is 0.607. The Morgan fingerprint density at radius 3 is 2.47 bits per heavy atom. The maximum absolute atomic E-state index is 15.0. The number of halogens is 2. The third-order valence-corrected chi connectivity index (χ3v) is 8.17. The lowest BCUT2D eigenvalue weighted by Gasteiger charge is -2.42. The molecule has 0 aromatic heterocycles. The van der Waals surface area contributed by atoms with Crippen LogP contribution in [0.4, 0.5) is 8.78 Å². The van der Waals surface area contributed by atoms with Gasteiger partial charge in [-0.3, -0.25) is 0 Å². The van der Waals surface area contributed by atoms with Crippen molar-refractivity contribution in [3.8, 4) is 0 Å². The molecule has 1 N–H and O–H groups in total. The fourth-order valence-electron chi connectivity index (χ4n) is 6.35. The molecule has 174 valence electrons. The number of benzene rings is 2. The maximum Gasteiger partial charge on any atom is 0.335 e. The third-order valence-electron chi connectivity index (χ3n) is 8.17. The molecule has 4 atom stereocenters. The zero-order valence-electron chi connectivity index (χ0n) is 19.2.